The predicted molar refractivity (Wildman–Crippen MR) is 172 cm³/mol. The third-order valence-electron chi connectivity index (χ3n) is 7.30. The Labute approximate surface area is 265 Å². The van der Waals surface area contributed by atoms with Gasteiger partial charge in [-0.05, 0) is 61.0 Å². The number of hydrogen-bond donors (Lipinski definition) is 1. The van der Waals surface area contributed by atoms with Gasteiger partial charge in [0.15, 0.2) is 0 Å². The van der Waals surface area contributed by atoms with Crippen molar-refractivity contribution in [1.82, 2.24) is 19.4 Å². The van der Waals surface area contributed by atoms with Crippen LogP contribution < -0.4 is 16.0 Å². The van der Waals surface area contributed by atoms with Crippen molar-refractivity contribution in [3.63, 3.8) is 0 Å². The van der Waals surface area contributed by atoms with Gasteiger partial charge in [-0.15, -0.1) is 0 Å². The summed E-state index contributed by atoms with van der Waals surface area (Å²) in [5, 5.41) is 0.412. The number of halogens is 2. The summed E-state index contributed by atoms with van der Waals surface area (Å²) in [5.74, 6) is -0.922. The molecule has 6 rings (SSSR count). The molecule has 1 unspecified atom stereocenters. The molecule has 0 aliphatic carbocycles. The lowest BCUT2D eigenvalue weighted by Gasteiger charge is -2.27. The fourth-order valence-electron chi connectivity index (χ4n) is 5.00. The van der Waals surface area contributed by atoms with Gasteiger partial charge in [0.05, 0.1) is 52.6 Å². The number of nitrogen functional groups attached to an aromatic ring is 1. The SMILES string of the molecule is COc1ncc(-c2ccc3nc(N)n(-c4cccc(C(=O)N5CCOCC5)c4)c(=O)c3c2)cc1C.CS(=O)c1ccc(F)cc1F. The highest BCUT2D eigenvalue weighted by molar-refractivity contribution is 7.84. The molecule has 1 aliphatic heterocycles. The summed E-state index contributed by atoms with van der Waals surface area (Å²) < 4.78 is 47.6. The van der Waals surface area contributed by atoms with Gasteiger partial charge in [-0.1, -0.05) is 12.1 Å². The first-order valence-corrected chi connectivity index (χ1v) is 15.7. The predicted octanol–water partition coefficient (Wildman–Crippen LogP) is 4.52. The van der Waals surface area contributed by atoms with Crippen molar-refractivity contribution in [2.75, 3.05) is 45.4 Å². The Morgan fingerprint density at radius 1 is 1.02 bits per heavy atom. The number of aromatic nitrogens is 3. The smallest absolute Gasteiger partial charge is 0.267 e. The molecule has 0 saturated carbocycles. The van der Waals surface area contributed by atoms with E-state index < -0.39 is 22.4 Å². The highest BCUT2D eigenvalue weighted by Gasteiger charge is 2.20. The van der Waals surface area contributed by atoms with Gasteiger partial charge in [0, 0.05) is 48.3 Å². The number of benzene rings is 3. The first-order valence-electron chi connectivity index (χ1n) is 14.2. The molecule has 1 amide bonds. The molecule has 0 bridgehead atoms. The summed E-state index contributed by atoms with van der Waals surface area (Å²) in [5.41, 5.74) is 9.90. The van der Waals surface area contributed by atoms with Crippen molar-refractivity contribution < 1.29 is 27.3 Å². The normalized spacial score (nSPS) is 13.5. The molecule has 1 atom stereocenters. The standard InChI is InChI=1S/C26H25N5O4.C7H6F2OS/c1-16-12-19(15-28-23(16)34-2)17-6-7-22-21(14-17)25(33)31(26(27)29-22)20-5-3-4-18(13-20)24(32)30-8-10-35-11-9-30;1-11(10)7-3-2-5(8)4-6(7)9/h3-7,12-15H,8-11H2,1-2H3,(H2,27,29);2-4H,1H3. The van der Waals surface area contributed by atoms with Gasteiger partial charge >= 0.3 is 0 Å². The summed E-state index contributed by atoms with van der Waals surface area (Å²) in [6, 6.07) is 17.2. The Hall–Kier alpha value is -5.01. The number of aryl methyl sites for hydroxylation is 1. The van der Waals surface area contributed by atoms with E-state index in [0.717, 1.165) is 28.8 Å². The third kappa shape index (κ3) is 6.95. The van der Waals surface area contributed by atoms with Gasteiger partial charge in [0.1, 0.15) is 11.6 Å². The number of hydrogen-bond acceptors (Lipinski definition) is 8. The van der Waals surface area contributed by atoms with Crippen LogP contribution in [-0.2, 0) is 15.5 Å². The maximum atomic E-state index is 13.6. The number of methoxy groups -OCH3 is 1. The summed E-state index contributed by atoms with van der Waals surface area (Å²) in [6.45, 7) is 4.00. The number of rotatable bonds is 5. The van der Waals surface area contributed by atoms with Crippen LogP contribution in [0.25, 0.3) is 27.7 Å². The summed E-state index contributed by atoms with van der Waals surface area (Å²) in [4.78, 5) is 37.1. The van der Waals surface area contributed by atoms with E-state index in [2.05, 4.69) is 9.97 Å². The summed E-state index contributed by atoms with van der Waals surface area (Å²) >= 11 is 0. The first kappa shape index (κ1) is 32.4. The molecule has 13 heteroatoms. The number of nitrogens with two attached hydrogens (primary N) is 1. The Balaban J connectivity index is 0.000000322. The highest BCUT2D eigenvalue weighted by atomic mass is 32.2. The second-order valence-electron chi connectivity index (χ2n) is 10.4. The van der Waals surface area contributed by atoms with Crippen LogP contribution in [0, 0.1) is 18.6 Å². The molecule has 46 heavy (non-hydrogen) atoms. The van der Waals surface area contributed by atoms with Gasteiger partial charge in [0.25, 0.3) is 11.5 Å². The minimum Gasteiger partial charge on any atom is -0.481 e. The average Bonchev–Trinajstić information content (AvgIpc) is 3.05. The number of ether oxygens (including phenoxy) is 2. The van der Waals surface area contributed by atoms with E-state index >= 15 is 0 Å². The minimum atomic E-state index is -1.39. The van der Waals surface area contributed by atoms with Crippen molar-refractivity contribution in [2.24, 2.45) is 0 Å². The molecule has 1 fully saturated rings. The van der Waals surface area contributed by atoms with E-state index in [1.165, 1.54) is 16.9 Å². The van der Waals surface area contributed by atoms with Crippen LogP contribution in [0.4, 0.5) is 14.7 Å². The fourth-order valence-corrected chi connectivity index (χ4v) is 5.59. The molecule has 0 radical (unpaired) electrons. The maximum Gasteiger partial charge on any atom is 0.267 e. The Morgan fingerprint density at radius 3 is 2.46 bits per heavy atom. The topological polar surface area (TPSA) is 130 Å². The third-order valence-corrected chi connectivity index (χ3v) is 8.25. The monoisotopic (exact) mass is 647 g/mol. The highest BCUT2D eigenvalue weighted by Crippen LogP contribution is 2.26. The molecule has 238 valence electrons. The Morgan fingerprint density at radius 2 is 1.78 bits per heavy atom. The van der Waals surface area contributed by atoms with Crippen LogP contribution in [0.5, 0.6) is 5.88 Å². The van der Waals surface area contributed by atoms with Gasteiger partial charge in [-0.3, -0.25) is 13.8 Å². The number of nitrogens with zero attached hydrogens (tertiary/aromatic N) is 4. The molecule has 10 nitrogen and oxygen atoms in total. The molecule has 0 spiro atoms. The molecule has 1 saturated heterocycles. The van der Waals surface area contributed by atoms with Crippen LogP contribution in [0.3, 0.4) is 0 Å². The van der Waals surface area contributed by atoms with Crippen molar-refractivity contribution in [2.45, 2.75) is 11.8 Å². The number of carbonyl (C=O) groups is 1. The minimum absolute atomic E-state index is 0.0337. The van der Waals surface area contributed by atoms with Gasteiger partial charge in [-0.25, -0.2) is 23.3 Å². The zero-order chi connectivity index (χ0) is 33.0. The van der Waals surface area contributed by atoms with E-state index in [1.807, 2.05) is 19.1 Å². The molecule has 5 aromatic rings. The van der Waals surface area contributed by atoms with E-state index in [-0.39, 0.29) is 22.3 Å². The molecule has 2 N–H and O–H groups in total. The summed E-state index contributed by atoms with van der Waals surface area (Å²) in [6.07, 6.45) is 3.05. The molecular formula is C33H31F2N5O5S. The second-order valence-corrected chi connectivity index (χ2v) is 11.7. The van der Waals surface area contributed by atoms with Crippen LogP contribution in [0.2, 0.25) is 0 Å². The summed E-state index contributed by atoms with van der Waals surface area (Å²) in [7, 11) is 0.186. The van der Waals surface area contributed by atoms with Gasteiger partial charge in [0.2, 0.25) is 11.8 Å². The maximum absolute atomic E-state index is 13.6. The van der Waals surface area contributed by atoms with Crippen molar-refractivity contribution >= 4 is 33.6 Å². The lowest BCUT2D eigenvalue weighted by atomic mass is 10.0. The molecular weight excluding hydrogens is 616 g/mol. The quantitative estimate of drug-likeness (QED) is 0.295. The molecule has 2 aromatic heterocycles. The van der Waals surface area contributed by atoms with E-state index in [9.17, 15) is 22.6 Å². The molecule has 3 heterocycles. The number of amides is 1. The van der Waals surface area contributed by atoms with Crippen LogP contribution >= 0.6 is 0 Å². The first-order chi connectivity index (χ1) is 22.1. The number of fused-ring (bicyclic) bond motifs is 1. The van der Waals surface area contributed by atoms with Crippen LogP contribution in [0.1, 0.15) is 15.9 Å². The lowest BCUT2D eigenvalue weighted by Crippen LogP contribution is -2.40. The fraction of sp³-hybridized carbons (Fsp3) is 0.212. The van der Waals surface area contributed by atoms with Gasteiger partial charge < -0.3 is 20.1 Å². The Kier molecular flexibility index (Phi) is 9.83. The molecule has 1 aliphatic rings. The zero-order valence-corrected chi connectivity index (χ0v) is 26.1. The van der Waals surface area contributed by atoms with E-state index in [4.69, 9.17) is 15.2 Å². The Bertz CT molecular complexity index is 2010. The lowest BCUT2D eigenvalue weighted by molar-refractivity contribution is 0.0303. The molecule has 3 aromatic carbocycles. The number of carbonyl (C=O) groups excluding carboxylic acids is 1. The largest absolute Gasteiger partial charge is 0.481 e. The van der Waals surface area contributed by atoms with Crippen LogP contribution in [-0.4, -0.2) is 69.2 Å². The van der Waals surface area contributed by atoms with Crippen molar-refractivity contribution in [3.8, 4) is 22.7 Å². The number of pyridine rings is 1. The average molecular weight is 648 g/mol. The van der Waals surface area contributed by atoms with Gasteiger partial charge in [-0.2, -0.15) is 0 Å². The number of morpholine rings is 1. The van der Waals surface area contributed by atoms with Crippen LogP contribution in [0.15, 0.2) is 82.6 Å². The van der Waals surface area contributed by atoms with Crippen molar-refractivity contribution in [1.29, 1.82) is 0 Å². The van der Waals surface area contributed by atoms with Crippen molar-refractivity contribution in [3.05, 3.63) is 106 Å². The van der Waals surface area contributed by atoms with E-state index in [1.54, 1.807) is 54.6 Å². The number of anilines is 1. The zero-order valence-electron chi connectivity index (χ0n) is 25.3. The second kappa shape index (κ2) is 14.0. The van der Waals surface area contributed by atoms with E-state index in [0.29, 0.717) is 54.3 Å².